The zero-order valence-electron chi connectivity index (χ0n) is 15.9. The summed E-state index contributed by atoms with van der Waals surface area (Å²) in [5.74, 6) is 2.84. The highest BCUT2D eigenvalue weighted by Crippen LogP contribution is 2.40. The minimum Gasteiger partial charge on any atom is -0.439 e. The molecule has 0 fully saturated rings. The number of oxazole rings is 2. The molecule has 2 aromatic carbocycles. The highest BCUT2D eigenvalue weighted by Gasteiger charge is 2.27. The average molecular weight is 389 g/mol. The van der Waals surface area contributed by atoms with Crippen LogP contribution in [-0.2, 0) is 12.8 Å². The highest BCUT2D eigenvalue weighted by molar-refractivity contribution is 5.75. The van der Waals surface area contributed by atoms with Gasteiger partial charge in [-0.25, -0.2) is 15.0 Å². The quantitative estimate of drug-likeness (QED) is 0.389. The Hall–Kier alpha value is -3.99. The fourth-order valence-corrected chi connectivity index (χ4v) is 4.41. The van der Waals surface area contributed by atoms with Crippen molar-refractivity contribution in [1.82, 2.24) is 15.0 Å². The molecule has 3 aromatic heterocycles. The summed E-state index contributed by atoms with van der Waals surface area (Å²) in [6, 6.07) is 22.3. The molecule has 5 aromatic rings. The topological polar surface area (TPSA) is 65.0 Å². The molecule has 0 atom stereocenters. The molecule has 2 aliphatic rings. The van der Waals surface area contributed by atoms with Crippen molar-refractivity contribution in [1.29, 1.82) is 0 Å². The number of fused-ring (bicyclic) bond motifs is 6. The van der Waals surface area contributed by atoms with Crippen molar-refractivity contribution in [3.05, 3.63) is 89.4 Å². The maximum atomic E-state index is 6.07. The van der Waals surface area contributed by atoms with E-state index >= 15 is 0 Å². The van der Waals surface area contributed by atoms with Gasteiger partial charge >= 0.3 is 0 Å². The van der Waals surface area contributed by atoms with E-state index in [2.05, 4.69) is 24.3 Å². The molecule has 0 radical (unpaired) electrons. The lowest BCUT2D eigenvalue weighted by atomic mass is 10.1. The summed E-state index contributed by atoms with van der Waals surface area (Å²) in [5.41, 5.74) is 7.97. The first kappa shape index (κ1) is 15.9. The van der Waals surface area contributed by atoms with Gasteiger partial charge in [0, 0.05) is 24.0 Å². The standard InChI is InChI=1S/C25H15N3O2/c1-3-8-16-14(6-1)12-20-22(16)27-24(29-20)18-10-5-11-19(26-18)25-28-23-17-9-4-2-7-15(17)13-21(23)30-25/h1-11H,12-13H2. The minimum absolute atomic E-state index is 0.529. The zero-order valence-corrected chi connectivity index (χ0v) is 15.9. The number of aromatic nitrogens is 3. The van der Waals surface area contributed by atoms with Gasteiger partial charge in [0.05, 0.1) is 0 Å². The van der Waals surface area contributed by atoms with E-state index in [1.54, 1.807) is 0 Å². The van der Waals surface area contributed by atoms with Gasteiger partial charge in [-0.15, -0.1) is 0 Å². The van der Waals surface area contributed by atoms with E-state index in [1.807, 2.05) is 42.5 Å². The second-order valence-electron chi connectivity index (χ2n) is 7.66. The maximum Gasteiger partial charge on any atom is 0.245 e. The maximum absolute atomic E-state index is 6.07. The van der Waals surface area contributed by atoms with Crippen molar-refractivity contribution >= 4 is 0 Å². The average Bonchev–Trinajstić information content (AvgIpc) is 3.52. The van der Waals surface area contributed by atoms with Crippen LogP contribution in [0.5, 0.6) is 0 Å². The molecule has 0 saturated heterocycles. The molecule has 7 rings (SSSR count). The summed E-state index contributed by atoms with van der Waals surface area (Å²) in [5, 5.41) is 0. The van der Waals surface area contributed by atoms with Crippen molar-refractivity contribution in [2.24, 2.45) is 0 Å². The first-order valence-electron chi connectivity index (χ1n) is 9.97. The van der Waals surface area contributed by atoms with E-state index in [4.69, 9.17) is 23.8 Å². The van der Waals surface area contributed by atoms with Crippen LogP contribution < -0.4 is 0 Å². The Kier molecular flexibility index (Phi) is 3.05. The van der Waals surface area contributed by atoms with Gasteiger partial charge in [0.1, 0.15) is 34.3 Å². The predicted octanol–water partition coefficient (Wildman–Crippen LogP) is 5.53. The summed E-state index contributed by atoms with van der Waals surface area (Å²) in [4.78, 5) is 14.2. The third-order valence-electron chi connectivity index (χ3n) is 5.83. The van der Waals surface area contributed by atoms with E-state index in [0.717, 1.165) is 46.9 Å². The Morgan fingerprint density at radius 1 is 0.533 bits per heavy atom. The largest absolute Gasteiger partial charge is 0.439 e. The van der Waals surface area contributed by atoms with E-state index < -0.39 is 0 Å². The number of hydrogen-bond acceptors (Lipinski definition) is 5. The lowest BCUT2D eigenvalue weighted by molar-refractivity contribution is 0.527. The smallest absolute Gasteiger partial charge is 0.245 e. The van der Waals surface area contributed by atoms with E-state index in [-0.39, 0.29) is 0 Å². The van der Waals surface area contributed by atoms with Crippen molar-refractivity contribution in [2.45, 2.75) is 12.8 Å². The Bertz CT molecular complexity index is 1350. The molecule has 5 heteroatoms. The molecule has 0 amide bonds. The Labute approximate surface area is 172 Å². The third kappa shape index (κ3) is 2.20. The zero-order chi connectivity index (χ0) is 19.7. The fourth-order valence-electron chi connectivity index (χ4n) is 4.41. The summed E-state index contributed by atoms with van der Waals surface area (Å²) in [6.45, 7) is 0. The van der Waals surface area contributed by atoms with Gasteiger partial charge in [0.15, 0.2) is 0 Å². The Morgan fingerprint density at radius 2 is 1.03 bits per heavy atom. The Balaban J connectivity index is 1.28. The molecule has 0 bridgehead atoms. The number of hydrogen-bond donors (Lipinski definition) is 0. The number of rotatable bonds is 2. The molecule has 0 aliphatic heterocycles. The third-order valence-corrected chi connectivity index (χ3v) is 5.83. The fraction of sp³-hybridized carbons (Fsp3) is 0.0800. The lowest BCUT2D eigenvalue weighted by Crippen LogP contribution is -1.90. The second kappa shape index (κ2) is 5.76. The molecular formula is C25H15N3O2. The highest BCUT2D eigenvalue weighted by atomic mass is 16.4. The van der Waals surface area contributed by atoms with Crippen LogP contribution in [0.15, 0.2) is 75.6 Å². The first-order chi connectivity index (χ1) is 14.8. The Morgan fingerprint density at radius 3 is 1.57 bits per heavy atom. The van der Waals surface area contributed by atoms with Gasteiger partial charge in [0.25, 0.3) is 0 Å². The SMILES string of the molecule is c1cc(-c2nc3c(o2)Cc2ccccc2-3)nc(-c2nc3c(o2)Cc2ccccc2-3)c1. The summed E-state index contributed by atoms with van der Waals surface area (Å²) in [7, 11) is 0. The van der Waals surface area contributed by atoms with Crippen LogP contribution in [0, 0.1) is 0 Å². The van der Waals surface area contributed by atoms with Crippen molar-refractivity contribution in [3.8, 4) is 45.7 Å². The van der Waals surface area contributed by atoms with Gasteiger partial charge in [0.2, 0.25) is 11.8 Å². The molecule has 0 saturated carbocycles. The van der Waals surface area contributed by atoms with Crippen LogP contribution in [0.4, 0.5) is 0 Å². The number of nitrogens with zero attached hydrogens (tertiary/aromatic N) is 3. The molecule has 3 heterocycles. The molecule has 142 valence electrons. The molecule has 2 aliphatic carbocycles. The minimum atomic E-state index is 0.529. The van der Waals surface area contributed by atoms with Crippen molar-refractivity contribution in [2.75, 3.05) is 0 Å². The summed E-state index contributed by atoms with van der Waals surface area (Å²) >= 11 is 0. The van der Waals surface area contributed by atoms with Gasteiger partial charge in [-0.1, -0.05) is 54.6 Å². The monoisotopic (exact) mass is 389 g/mol. The van der Waals surface area contributed by atoms with Crippen LogP contribution in [0.25, 0.3) is 45.7 Å². The van der Waals surface area contributed by atoms with Gasteiger partial charge in [-0.3, -0.25) is 0 Å². The van der Waals surface area contributed by atoms with Gasteiger partial charge < -0.3 is 8.83 Å². The number of benzene rings is 2. The van der Waals surface area contributed by atoms with Crippen molar-refractivity contribution in [3.63, 3.8) is 0 Å². The molecule has 0 N–H and O–H groups in total. The van der Waals surface area contributed by atoms with Gasteiger partial charge in [-0.2, -0.15) is 0 Å². The van der Waals surface area contributed by atoms with Crippen molar-refractivity contribution < 1.29 is 8.83 Å². The van der Waals surface area contributed by atoms with E-state index in [1.165, 1.54) is 11.1 Å². The lowest BCUT2D eigenvalue weighted by Gasteiger charge is -2.01. The summed E-state index contributed by atoms with van der Waals surface area (Å²) in [6.07, 6.45) is 1.54. The predicted molar refractivity (Wildman–Crippen MR) is 112 cm³/mol. The second-order valence-corrected chi connectivity index (χ2v) is 7.66. The summed E-state index contributed by atoms with van der Waals surface area (Å²) < 4.78 is 12.1. The molecule has 0 spiro atoms. The number of pyridine rings is 1. The van der Waals surface area contributed by atoms with Crippen LogP contribution in [0.1, 0.15) is 22.6 Å². The van der Waals surface area contributed by atoms with E-state index in [9.17, 15) is 0 Å². The van der Waals surface area contributed by atoms with Crippen LogP contribution >= 0.6 is 0 Å². The van der Waals surface area contributed by atoms with Gasteiger partial charge in [-0.05, 0) is 23.3 Å². The molecular weight excluding hydrogens is 374 g/mol. The van der Waals surface area contributed by atoms with Crippen LogP contribution in [-0.4, -0.2) is 15.0 Å². The molecule has 30 heavy (non-hydrogen) atoms. The first-order valence-corrected chi connectivity index (χ1v) is 9.97. The molecule has 5 nitrogen and oxygen atoms in total. The van der Waals surface area contributed by atoms with Crippen LogP contribution in [0.3, 0.4) is 0 Å². The molecule has 0 unspecified atom stereocenters. The normalized spacial score (nSPS) is 13.1. The van der Waals surface area contributed by atoms with Crippen LogP contribution in [0.2, 0.25) is 0 Å². The van der Waals surface area contributed by atoms with E-state index in [0.29, 0.717) is 23.2 Å².